The lowest BCUT2D eigenvalue weighted by Gasteiger charge is -2.02. The lowest BCUT2D eigenvalue weighted by atomic mass is 10.1. The molecule has 0 amide bonds. The van der Waals surface area contributed by atoms with Crippen LogP contribution in [0.25, 0.3) is 0 Å². The van der Waals surface area contributed by atoms with Crippen molar-refractivity contribution in [2.75, 3.05) is 0 Å². The van der Waals surface area contributed by atoms with E-state index in [1.807, 2.05) is 43.3 Å². The molecule has 18 heavy (non-hydrogen) atoms. The molecule has 0 aromatic heterocycles. The summed E-state index contributed by atoms with van der Waals surface area (Å²) in [5.74, 6) is 0. The maximum absolute atomic E-state index is 5.96. The molecule has 2 aromatic carbocycles. The summed E-state index contributed by atoms with van der Waals surface area (Å²) in [5, 5.41) is 0.741. The molecule has 0 radical (unpaired) electrons. The second kappa shape index (κ2) is 6.17. The molecule has 0 spiro atoms. The third kappa shape index (κ3) is 3.69. The van der Waals surface area contributed by atoms with Crippen molar-refractivity contribution in [2.24, 2.45) is 4.99 Å². The van der Waals surface area contributed by atoms with Crippen molar-refractivity contribution in [1.82, 2.24) is 0 Å². The van der Waals surface area contributed by atoms with Crippen molar-refractivity contribution >= 4 is 33.2 Å². The Morgan fingerprint density at radius 2 is 1.89 bits per heavy atom. The van der Waals surface area contributed by atoms with Crippen molar-refractivity contribution in [3.63, 3.8) is 0 Å². The first-order chi connectivity index (χ1) is 8.65. The van der Waals surface area contributed by atoms with Gasteiger partial charge in [-0.2, -0.15) is 0 Å². The van der Waals surface area contributed by atoms with E-state index < -0.39 is 0 Å². The van der Waals surface area contributed by atoms with Gasteiger partial charge in [0.25, 0.3) is 0 Å². The molecule has 0 aliphatic rings. The van der Waals surface area contributed by atoms with E-state index in [0.29, 0.717) is 6.54 Å². The minimum Gasteiger partial charge on any atom is -0.285 e. The molecule has 1 nitrogen and oxygen atoms in total. The average molecular weight is 323 g/mol. The Bertz CT molecular complexity index is 561. The van der Waals surface area contributed by atoms with Crippen LogP contribution in [0.2, 0.25) is 5.02 Å². The summed E-state index contributed by atoms with van der Waals surface area (Å²) in [5.41, 5.74) is 3.26. The molecule has 2 rings (SSSR count). The molecule has 0 N–H and O–H groups in total. The smallest absolute Gasteiger partial charge is 0.0643 e. The quantitative estimate of drug-likeness (QED) is 0.696. The third-order valence-corrected chi connectivity index (χ3v) is 3.42. The molecule has 2 aromatic rings. The molecule has 0 aliphatic carbocycles. The van der Waals surface area contributed by atoms with E-state index in [1.165, 1.54) is 5.56 Å². The maximum Gasteiger partial charge on any atom is 0.0643 e. The van der Waals surface area contributed by atoms with E-state index >= 15 is 0 Å². The summed E-state index contributed by atoms with van der Waals surface area (Å²) in [4.78, 5) is 4.58. The van der Waals surface area contributed by atoms with Gasteiger partial charge in [-0.1, -0.05) is 51.8 Å². The van der Waals surface area contributed by atoms with Crippen LogP contribution in [0.4, 0.5) is 0 Å². The Labute approximate surface area is 121 Å². The summed E-state index contributed by atoms with van der Waals surface area (Å²) < 4.78 is 1.08. The van der Waals surface area contributed by atoms with Gasteiger partial charge in [0.2, 0.25) is 0 Å². The average Bonchev–Trinajstić information content (AvgIpc) is 2.38. The molecular formula is C15H13BrClN. The van der Waals surface area contributed by atoms with Gasteiger partial charge in [0.15, 0.2) is 0 Å². The number of hydrogen-bond donors (Lipinski definition) is 0. The largest absolute Gasteiger partial charge is 0.285 e. The fraction of sp³-hybridized carbons (Fsp3) is 0.133. The molecule has 0 aliphatic heterocycles. The number of hydrogen-bond acceptors (Lipinski definition) is 1. The summed E-state index contributed by atoms with van der Waals surface area (Å²) in [6.07, 6.45) is 0. The fourth-order valence-electron chi connectivity index (χ4n) is 1.60. The van der Waals surface area contributed by atoms with Gasteiger partial charge in [-0.05, 0) is 42.3 Å². The van der Waals surface area contributed by atoms with Crippen LogP contribution >= 0.6 is 27.5 Å². The minimum absolute atomic E-state index is 0.686. The van der Waals surface area contributed by atoms with E-state index in [1.54, 1.807) is 0 Å². The maximum atomic E-state index is 5.96. The van der Waals surface area contributed by atoms with Crippen molar-refractivity contribution in [2.45, 2.75) is 13.5 Å². The third-order valence-electron chi connectivity index (χ3n) is 2.65. The van der Waals surface area contributed by atoms with E-state index in [9.17, 15) is 0 Å². The fourth-order valence-corrected chi connectivity index (χ4v) is 2.06. The monoisotopic (exact) mass is 321 g/mol. The van der Waals surface area contributed by atoms with Gasteiger partial charge in [-0.3, -0.25) is 4.99 Å². The van der Waals surface area contributed by atoms with Gasteiger partial charge in [0.05, 0.1) is 6.54 Å². The molecule has 92 valence electrons. The molecule has 3 heteroatoms. The van der Waals surface area contributed by atoms with Gasteiger partial charge in [-0.15, -0.1) is 0 Å². The van der Waals surface area contributed by atoms with Crippen LogP contribution in [0.3, 0.4) is 0 Å². The van der Waals surface area contributed by atoms with Gasteiger partial charge < -0.3 is 0 Å². The molecular weight excluding hydrogens is 310 g/mol. The standard InChI is InChI=1S/C15H13BrClN/c1-11(13-3-2-4-15(17)9-13)18-10-12-5-7-14(16)8-6-12/h2-9H,10H2,1H3. The Kier molecular flexibility index (Phi) is 4.56. The van der Waals surface area contributed by atoms with Crippen LogP contribution < -0.4 is 0 Å². The van der Waals surface area contributed by atoms with Crippen molar-refractivity contribution in [3.05, 3.63) is 69.2 Å². The molecule has 0 atom stereocenters. The highest BCUT2D eigenvalue weighted by molar-refractivity contribution is 9.10. The highest BCUT2D eigenvalue weighted by Crippen LogP contribution is 2.14. The van der Waals surface area contributed by atoms with E-state index in [2.05, 4.69) is 33.1 Å². The SMILES string of the molecule is CC(=NCc1ccc(Br)cc1)c1cccc(Cl)c1. The second-order valence-corrected chi connectivity index (χ2v) is 5.39. The van der Waals surface area contributed by atoms with Crippen LogP contribution in [0, 0.1) is 0 Å². The summed E-state index contributed by atoms with van der Waals surface area (Å²) in [6, 6.07) is 16.0. The van der Waals surface area contributed by atoms with Crippen LogP contribution in [0.5, 0.6) is 0 Å². The minimum atomic E-state index is 0.686. The summed E-state index contributed by atoms with van der Waals surface area (Å²) in [6.45, 7) is 2.69. The van der Waals surface area contributed by atoms with E-state index in [4.69, 9.17) is 11.6 Å². The number of nitrogens with zero attached hydrogens (tertiary/aromatic N) is 1. The van der Waals surface area contributed by atoms with Crippen molar-refractivity contribution in [1.29, 1.82) is 0 Å². The number of rotatable bonds is 3. The first-order valence-corrected chi connectivity index (χ1v) is 6.84. The second-order valence-electron chi connectivity index (χ2n) is 4.04. The van der Waals surface area contributed by atoms with Gasteiger partial charge >= 0.3 is 0 Å². The number of aliphatic imine (C=N–C) groups is 1. The van der Waals surface area contributed by atoms with E-state index in [-0.39, 0.29) is 0 Å². The van der Waals surface area contributed by atoms with Gasteiger partial charge in [0.1, 0.15) is 0 Å². The zero-order valence-electron chi connectivity index (χ0n) is 10.0. The van der Waals surface area contributed by atoms with Crippen molar-refractivity contribution in [3.8, 4) is 0 Å². The molecule has 0 bridgehead atoms. The van der Waals surface area contributed by atoms with Gasteiger partial charge in [-0.25, -0.2) is 0 Å². The molecule has 0 heterocycles. The first kappa shape index (κ1) is 13.3. The topological polar surface area (TPSA) is 12.4 Å². The lowest BCUT2D eigenvalue weighted by Crippen LogP contribution is -1.95. The first-order valence-electron chi connectivity index (χ1n) is 5.66. The highest BCUT2D eigenvalue weighted by Gasteiger charge is 1.98. The number of halogens is 2. The Balaban J connectivity index is 2.11. The Hall–Kier alpha value is -1.12. The molecule has 0 unspecified atom stereocenters. The Morgan fingerprint density at radius 3 is 2.56 bits per heavy atom. The molecule has 0 saturated carbocycles. The normalized spacial score (nSPS) is 11.6. The van der Waals surface area contributed by atoms with Crippen LogP contribution in [-0.4, -0.2) is 5.71 Å². The summed E-state index contributed by atoms with van der Waals surface area (Å²) >= 11 is 9.38. The summed E-state index contributed by atoms with van der Waals surface area (Å²) in [7, 11) is 0. The molecule has 0 saturated heterocycles. The Morgan fingerprint density at radius 1 is 1.17 bits per heavy atom. The predicted octanol–water partition coefficient (Wildman–Crippen LogP) is 5.11. The number of benzene rings is 2. The predicted molar refractivity (Wildman–Crippen MR) is 81.5 cm³/mol. The zero-order valence-corrected chi connectivity index (χ0v) is 12.4. The lowest BCUT2D eigenvalue weighted by molar-refractivity contribution is 1.06. The molecule has 0 fully saturated rings. The highest BCUT2D eigenvalue weighted by atomic mass is 79.9. The van der Waals surface area contributed by atoms with E-state index in [0.717, 1.165) is 20.8 Å². The van der Waals surface area contributed by atoms with Crippen LogP contribution in [-0.2, 0) is 6.54 Å². The van der Waals surface area contributed by atoms with Crippen LogP contribution in [0.1, 0.15) is 18.1 Å². The van der Waals surface area contributed by atoms with Crippen LogP contribution in [0.15, 0.2) is 58.0 Å². The van der Waals surface area contributed by atoms with Crippen molar-refractivity contribution < 1.29 is 0 Å². The van der Waals surface area contributed by atoms with Gasteiger partial charge in [0, 0.05) is 15.2 Å². The zero-order chi connectivity index (χ0) is 13.0.